The molecule has 1 aromatic heterocycles. The second-order valence-electron chi connectivity index (χ2n) is 6.34. The van der Waals surface area contributed by atoms with Crippen molar-refractivity contribution in [2.45, 2.75) is 39.0 Å². The normalized spacial score (nSPS) is 19.6. The molecule has 1 aliphatic rings. The van der Waals surface area contributed by atoms with Crippen LogP contribution in [0.2, 0.25) is 0 Å². The molecule has 5 nitrogen and oxygen atoms in total. The SMILES string of the molecule is COc1ccc(Cc2noc(CCCC3CC3C)n2)cc1OC. The highest BCUT2D eigenvalue weighted by molar-refractivity contribution is 5.43. The summed E-state index contributed by atoms with van der Waals surface area (Å²) in [6, 6.07) is 5.83. The Morgan fingerprint density at radius 2 is 2.00 bits per heavy atom. The minimum atomic E-state index is 0.628. The van der Waals surface area contributed by atoms with Crippen LogP contribution in [0.4, 0.5) is 0 Å². The predicted octanol–water partition coefficient (Wildman–Crippen LogP) is 3.66. The molecule has 1 fully saturated rings. The number of methoxy groups -OCH3 is 2. The summed E-state index contributed by atoms with van der Waals surface area (Å²) < 4.78 is 15.9. The van der Waals surface area contributed by atoms with Crippen LogP contribution >= 0.6 is 0 Å². The van der Waals surface area contributed by atoms with Gasteiger partial charge in [-0.15, -0.1) is 0 Å². The molecule has 0 saturated heterocycles. The molecule has 1 aromatic carbocycles. The summed E-state index contributed by atoms with van der Waals surface area (Å²) in [5, 5.41) is 4.08. The van der Waals surface area contributed by atoms with Crippen molar-refractivity contribution in [3.63, 3.8) is 0 Å². The molecule has 0 spiro atoms. The molecule has 0 aliphatic heterocycles. The van der Waals surface area contributed by atoms with Gasteiger partial charge in [-0.25, -0.2) is 0 Å². The van der Waals surface area contributed by atoms with E-state index < -0.39 is 0 Å². The molecule has 124 valence electrons. The second-order valence-corrected chi connectivity index (χ2v) is 6.34. The van der Waals surface area contributed by atoms with Crippen molar-refractivity contribution in [1.82, 2.24) is 10.1 Å². The van der Waals surface area contributed by atoms with E-state index in [9.17, 15) is 0 Å². The molecule has 2 aromatic rings. The van der Waals surface area contributed by atoms with Gasteiger partial charge in [0.1, 0.15) is 0 Å². The Labute approximate surface area is 137 Å². The average Bonchev–Trinajstić information content (AvgIpc) is 3.08. The Hall–Kier alpha value is -2.04. The number of hydrogen-bond donors (Lipinski definition) is 0. The van der Waals surface area contributed by atoms with Crippen LogP contribution in [0.25, 0.3) is 0 Å². The molecule has 0 amide bonds. The van der Waals surface area contributed by atoms with Gasteiger partial charge in [-0.2, -0.15) is 4.98 Å². The Balaban J connectivity index is 1.55. The van der Waals surface area contributed by atoms with Crippen LogP contribution in [0.5, 0.6) is 11.5 Å². The van der Waals surface area contributed by atoms with Gasteiger partial charge in [0.25, 0.3) is 0 Å². The third kappa shape index (κ3) is 4.03. The van der Waals surface area contributed by atoms with Crippen molar-refractivity contribution in [2.24, 2.45) is 11.8 Å². The van der Waals surface area contributed by atoms with Crippen molar-refractivity contribution in [1.29, 1.82) is 0 Å². The minimum Gasteiger partial charge on any atom is -0.493 e. The first-order chi connectivity index (χ1) is 11.2. The zero-order chi connectivity index (χ0) is 16.2. The van der Waals surface area contributed by atoms with Crippen molar-refractivity contribution in [3.8, 4) is 11.5 Å². The Morgan fingerprint density at radius 3 is 2.70 bits per heavy atom. The van der Waals surface area contributed by atoms with E-state index in [1.807, 2.05) is 18.2 Å². The van der Waals surface area contributed by atoms with Crippen LogP contribution in [0, 0.1) is 11.8 Å². The van der Waals surface area contributed by atoms with E-state index in [2.05, 4.69) is 17.1 Å². The lowest BCUT2D eigenvalue weighted by Crippen LogP contribution is -1.95. The number of aryl methyl sites for hydroxylation is 1. The highest BCUT2D eigenvalue weighted by Gasteiger charge is 2.31. The van der Waals surface area contributed by atoms with Gasteiger partial charge in [0.2, 0.25) is 5.89 Å². The maximum atomic E-state index is 5.35. The van der Waals surface area contributed by atoms with Gasteiger partial charge in [0.15, 0.2) is 17.3 Å². The maximum absolute atomic E-state index is 5.35. The fraction of sp³-hybridized carbons (Fsp3) is 0.556. The Kier molecular flexibility index (Phi) is 4.84. The third-order valence-electron chi connectivity index (χ3n) is 4.56. The van der Waals surface area contributed by atoms with E-state index in [-0.39, 0.29) is 0 Å². The summed E-state index contributed by atoms with van der Waals surface area (Å²) in [7, 11) is 3.26. The number of hydrogen-bond acceptors (Lipinski definition) is 5. The molecular formula is C18H24N2O3. The molecule has 0 radical (unpaired) electrons. The average molecular weight is 316 g/mol. The van der Waals surface area contributed by atoms with E-state index in [0.717, 1.165) is 41.9 Å². The van der Waals surface area contributed by atoms with Gasteiger partial charge >= 0.3 is 0 Å². The molecule has 2 atom stereocenters. The lowest BCUT2D eigenvalue weighted by Gasteiger charge is -2.08. The first kappa shape index (κ1) is 15.8. The third-order valence-corrected chi connectivity index (χ3v) is 4.56. The summed E-state index contributed by atoms with van der Waals surface area (Å²) >= 11 is 0. The van der Waals surface area contributed by atoms with Crippen molar-refractivity contribution in [3.05, 3.63) is 35.5 Å². The number of rotatable bonds is 8. The first-order valence-electron chi connectivity index (χ1n) is 8.22. The van der Waals surface area contributed by atoms with Crippen LogP contribution in [0.15, 0.2) is 22.7 Å². The second kappa shape index (κ2) is 7.02. The quantitative estimate of drug-likeness (QED) is 0.744. The number of nitrogens with zero attached hydrogens (tertiary/aromatic N) is 2. The zero-order valence-corrected chi connectivity index (χ0v) is 14.0. The van der Waals surface area contributed by atoms with Crippen LogP contribution < -0.4 is 9.47 Å². The fourth-order valence-corrected chi connectivity index (χ4v) is 2.95. The maximum Gasteiger partial charge on any atom is 0.226 e. The van der Waals surface area contributed by atoms with Crippen molar-refractivity contribution < 1.29 is 14.0 Å². The van der Waals surface area contributed by atoms with E-state index in [1.165, 1.54) is 12.8 Å². The van der Waals surface area contributed by atoms with Gasteiger partial charge < -0.3 is 14.0 Å². The monoisotopic (exact) mass is 316 g/mol. The molecular weight excluding hydrogens is 292 g/mol. The lowest BCUT2D eigenvalue weighted by atomic mass is 10.1. The van der Waals surface area contributed by atoms with Gasteiger partial charge in [-0.1, -0.05) is 18.1 Å². The molecule has 1 heterocycles. The van der Waals surface area contributed by atoms with E-state index in [4.69, 9.17) is 14.0 Å². The molecule has 2 unspecified atom stereocenters. The number of benzene rings is 1. The van der Waals surface area contributed by atoms with Crippen LogP contribution in [0.3, 0.4) is 0 Å². The van der Waals surface area contributed by atoms with Crippen molar-refractivity contribution in [2.75, 3.05) is 14.2 Å². The van der Waals surface area contributed by atoms with Gasteiger partial charge in [-0.05, 0) is 48.8 Å². The zero-order valence-electron chi connectivity index (χ0n) is 14.0. The van der Waals surface area contributed by atoms with Gasteiger partial charge in [0.05, 0.1) is 14.2 Å². The summed E-state index contributed by atoms with van der Waals surface area (Å²) in [6.07, 6.45) is 5.29. The molecule has 23 heavy (non-hydrogen) atoms. The topological polar surface area (TPSA) is 57.4 Å². The molecule has 1 aliphatic carbocycles. The number of aromatic nitrogens is 2. The largest absolute Gasteiger partial charge is 0.493 e. The lowest BCUT2D eigenvalue weighted by molar-refractivity contribution is 0.354. The van der Waals surface area contributed by atoms with Gasteiger partial charge in [0, 0.05) is 12.8 Å². The van der Waals surface area contributed by atoms with Gasteiger partial charge in [-0.3, -0.25) is 0 Å². The first-order valence-corrected chi connectivity index (χ1v) is 8.22. The smallest absolute Gasteiger partial charge is 0.226 e. The van der Waals surface area contributed by atoms with E-state index in [1.54, 1.807) is 14.2 Å². The standard InChI is InChI=1S/C18H24N2O3/c1-12-9-14(12)5-4-6-18-19-17(20-23-18)11-13-7-8-15(21-2)16(10-13)22-3/h7-8,10,12,14H,4-6,9,11H2,1-3H3. The summed E-state index contributed by atoms with van der Waals surface area (Å²) in [5.41, 5.74) is 1.07. The molecule has 5 heteroatoms. The summed E-state index contributed by atoms with van der Waals surface area (Å²) in [5.74, 6) is 4.73. The van der Waals surface area contributed by atoms with E-state index >= 15 is 0 Å². The minimum absolute atomic E-state index is 0.628. The summed E-state index contributed by atoms with van der Waals surface area (Å²) in [4.78, 5) is 4.49. The molecule has 0 N–H and O–H groups in total. The fourth-order valence-electron chi connectivity index (χ4n) is 2.95. The molecule has 1 saturated carbocycles. The predicted molar refractivity (Wildman–Crippen MR) is 86.9 cm³/mol. The highest BCUT2D eigenvalue weighted by atomic mass is 16.5. The van der Waals surface area contributed by atoms with Crippen LogP contribution in [-0.4, -0.2) is 24.4 Å². The van der Waals surface area contributed by atoms with Crippen molar-refractivity contribution >= 4 is 0 Å². The van der Waals surface area contributed by atoms with Crippen LogP contribution in [0.1, 0.15) is 43.5 Å². The highest BCUT2D eigenvalue weighted by Crippen LogP contribution is 2.41. The van der Waals surface area contributed by atoms with Crippen LogP contribution in [-0.2, 0) is 12.8 Å². The van der Waals surface area contributed by atoms with E-state index in [0.29, 0.717) is 18.0 Å². The Morgan fingerprint density at radius 1 is 1.22 bits per heavy atom. The number of ether oxygens (including phenoxy) is 2. The molecule has 3 rings (SSSR count). The Bertz CT molecular complexity index is 653. The molecule has 0 bridgehead atoms. The summed E-state index contributed by atoms with van der Waals surface area (Å²) in [6.45, 7) is 2.32.